The first-order valence-electron chi connectivity index (χ1n) is 10.1. The number of para-hydroxylation sites is 1. The molecule has 0 bridgehead atoms. The highest BCUT2D eigenvalue weighted by Gasteiger charge is 2.25. The van der Waals surface area contributed by atoms with Gasteiger partial charge < -0.3 is 5.32 Å². The van der Waals surface area contributed by atoms with Gasteiger partial charge >= 0.3 is 0 Å². The summed E-state index contributed by atoms with van der Waals surface area (Å²) < 4.78 is 26.1. The van der Waals surface area contributed by atoms with Crippen LogP contribution < -0.4 is 9.62 Å². The molecule has 0 fully saturated rings. The highest BCUT2D eigenvalue weighted by atomic mass is 32.2. The van der Waals surface area contributed by atoms with Gasteiger partial charge in [-0.1, -0.05) is 50.2 Å². The number of benzene rings is 2. The van der Waals surface area contributed by atoms with Crippen LogP contribution in [0.4, 0.5) is 5.69 Å². The Morgan fingerprint density at radius 2 is 1.76 bits per heavy atom. The molecule has 1 N–H and O–H groups in total. The Morgan fingerprint density at radius 1 is 1.07 bits per heavy atom. The van der Waals surface area contributed by atoms with Crippen molar-refractivity contribution < 1.29 is 13.2 Å². The Hall–Kier alpha value is -2.34. The lowest BCUT2D eigenvalue weighted by atomic mass is 10.0. The highest BCUT2D eigenvalue weighted by molar-refractivity contribution is 7.92. The smallest absolute Gasteiger partial charge is 0.241 e. The van der Waals surface area contributed by atoms with Gasteiger partial charge in [-0.3, -0.25) is 9.10 Å². The Morgan fingerprint density at radius 3 is 2.45 bits per heavy atom. The van der Waals surface area contributed by atoms with Crippen LogP contribution >= 0.6 is 0 Å². The van der Waals surface area contributed by atoms with Crippen molar-refractivity contribution in [3.8, 4) is 0 Å². The summed E-state index contributed by atoms with van der Waals surface area (Å²) in [6.45, 7) is 5.71. The van der Waals surface area contributed by atoms with Gasteiger partial charge in [0.1, 0.15) is 6.54 Å². The van der Waals surface area contributed by atoms with Crippen molar-refractivity contribution in [2.45, 2.75) is 52.0 Å². The van der Waals surface area contributed by atoms with Crippen LogP contribution in [0.1, 0.15) is 61.4 Å². The maximum absolute atomic E-state index is 12.8. The molecular formula is C23H30N2O3S. The summed E-state index contributed by atoms with van der Waals surface area (Å²) in [6.07, 6.45) is 4.52. The second-order valence-corrected chi connectivity index (χ2v) is 10.1. The molecule has 1 aliphatic rings. The molecule has 0 saturated carbocycles. The molecule has 2 aromatic carbocycles. The van der Waals surface area contributed by atoms with Crippen LogP contribution in [0.3, 0.4) is 0 Å². The fraction of sp³-hybridized carbons (Fsp3) is 0.435. The molecule has 1 atom stereocenters. The summed E-state index contributed by atoms with van der Waals surface area (Å²) >= 11 is 0. The lowest BCUT2D eigenvalue weighted by molar-refractivity contribution is -0.120. The van der Waals surface area contributed by atoms with E-state index >= 15 is 0 Å². The monoisotopic (exact) mass is 414 g/mol. The van der Waals surface area contributed by atoms with Crippen molar-refractivity contribution >= 4 is 21.6 Å². The first-order valence-corrected chi connectivity index (χ1v) is 12.0. The predicted octanol–water partition coefficient (Wildman–Crippen LogP) is 3.94. The van der Waals surface area contributed by atoms with Crippen LogP contribution in [0.15, 0.2) is 42.5 Å². The number of hydrogen-bond acceptors (Lipinski definition) is 3. The number of nitrogens with zero attached hydrogens (tertiary/aromatic N) is 1. The zero-order valence-corrected chi connectivity index (χ0v) is 18.4. The van der Waals surface area contributed by atoms with Gasteiger partial charge in [-0.15, -0.1) is 0 Å². The second kappa shape index (κ2) is 8.57. The summed E-state index contributed by atoms with van der Waals surface area (Å²) in [6, 6.07) is 13.5. The standard InChI is InChI=1S/C23H30N2O3S/c1-16(2)21-10-5-6-11-22(21)25(29(4,27)28)15-23(26)24-17(3)19-13-12-18-8-7-9-20(18)14-19/h5-6,10-14,16-17H,7-9,15H2,1-4H3,(H,24,26)/t17-/m0/s1. The molecule has 0 aromatic heterocycles. The molecule has 0 spiro atoms. The second-order valence-electron chi connectivity index (χ2n) is 8.15. The number of sulfonamides is 1. The SMILES string of the molecule is CC(C)c1ccccc1N(CC(=O)N[C@@H](C)c1ccc2c(c1)CCC2)S(C)(=O)=O. The Kier molecular flexibility index (Phi) is 6.32. The highest BCUT2D eigenvalue weighted by Crippen LogP contribution is 2.29. The molecule has 156 valence electrons. The van der Waals surface area contributed by atoms with Crippen molar-refractivity contribution in [1.82, 2.24) is 5.32 Å². The van der Waals surface area contributed by atoms with E-state index in [4.69, 9.17) is 0 Å². The molecule has 6 heteroatoms. The molecule has 1 aliphatic carbocycles. The molecule has 0 radical (unpaired) electrons. The molecular weight excluding hydrogens is 384 g/mol. The quantitative estimate of drug-likeness (QED) is 0.746. The molecule has 0 heterocycles. The van der Waals surface area contributed by atoms with Crippen LogP contribution in [-0.4, -0.2) is 27.1 Å². The van der Waals surface area contributed by atoms with E-state index in [1.165, 1.54) is 21.9 Å². The fourth-order valence-corrected chi connectivity index (χ4v) is 4.82. The van der Waals surface area contributed by atoms with Gasteiger partial charge in [-0.2, -0.15) is 0 Å². The lowest BCUT2D eigenvalue weighted by Gasteiger charge is -2.26. The van der Waals surface area contributed by atoms with E-state index in [9.17, 15) is 13.2 Å². The van der Waals surface area contributed by atoms with Crippen molar-refractivity contribution in [1.29, 1.82) is 0 Å². The number of anilines is 1. The van der Waals surface area contributed by atoms with E-state index in [2.05, 4.69) is 23.5 Å². The summed E-state index contributed by atoms with van der Waals surface area (Å²) in [7, 11) is -3.61. The Balaban J connectivity index is 1.78. The number of carbonyl (C=O) groups excluding carboxylic acids is 1. The summed E-state index contributed by atoms with van der Waals surface area (Å²) in [5.74, 6) is -0.175. The van der Waals surface area contributed by atoms with Crippen molar-refractivity contribution in [2.75, 3.05) is 17.1 Å². The van der Waals surface area contributed by atoms with E-state index in [-0.39, 0.29) is 24.4 Å². The van der Waals surface area contributed by atoms with Crippen LogP contribution in [0.2, 0.25) is 0 Å². The normalized spacial score (nSPS) is 14.5. The van der Waals surface area contributed by atoms with Crippen molar-refractivity contribution in [2.24, 2.45) is 0 Å². The van der Waals surface area contributed by atoms with Gasteiger partial charge in [0.2, 0.25) is 15.9 Å². The topological polar surface area (TPSA) is 66.5 Å². The largest absolute Gasteiger partial charge is 0.348 e. The van der Waals surface area contributed by atoms with Gasteiger partial charge in [0.25, 0.3) is 0 Å². The predicted molar refractivity (Wildman–Crippen MR) is 118 cm³/mol. The molecule has 0 saturated heterocycles. The van der Waals surface area contributed by atoms with Gasteiger partial charge in [0.05, 0.1) is 18.0 Å². The van der Waals surface area contributed by atoms with Crippen molar-refractivity contribution in [3.05, 3.63) is 64.7 Å². The van der Waals surface area contributed by atoms with Gasteiger partial charge in [0, 0.05) is 0 Å². The maximum atomic E-state index is 12.8. The van der Waals surface area contributed by atoms with Crippen LogP contribution in [0.5, 0.6) is 0 Å². The molecule has 1 amide bonds. The van der Waals surface area contributed by atoms with E-state index < -0.39 is 10.0 Å². The maximum Gasteiger partial charge on any atom is 0.241 e. The zero-order valence-electron chi connectivity index (χ0n) is 17.6. The van der Waals surface area contributed by atoms with E-state index in [0.29, 0.717) is 5.69 Å². The van der Waals surface area contributed by atoms with E-state index in [1.54, 1.807) is 12.1 Å². The van der Waals surface area contributed by atoms with Crippen LogP contribution in [0, 0.1) is 0 Å². The minimum atomic E-state index is -3.61. The van der Waals surface area contributed by atoms with Crippen LogP contribution in [0.25, 0.3) is 0 Å². The number of nitrogens with one attached hydrogen (secondary N) is 1. The van der Waals surface area contributed by atoms with Crippen molar-refractivity contribution in [3.63, 3.8) is 0 Å². The van der Waals surface area contributed by atoms with Crippen LogP contribution in [-0.2, 0) is 27.7 Å². The third-order valence-corrected chi connectivity index (χ3v) is 6.64. The minimum absolute atomic E-state index is 0.142. The Bertz CT molecular complexity index is 999. The first kappa shape index (κ1) is 21.4. The summed E-state index contributed by atoms with van der Waals surface area (Å²) in [4.78, 5) is 12.8. The number of aryl methyl sites for hydroxylation is 2. The summed E-state index contributed by atoms with van der Waals surface area (Å²) in [5, 5.41) is 2.96. The molecule has 29 heavy (non-hydrogen) atoms. The molecule has 3 rings (SSSR count). The molecule has 0 unspecified atom stereocenters. The zero-order chi connectivity index (χ0) is 21.2. The fourth-order valence-electron chi connectivity index (χ4n) is 3.95. The van der Waals surface area contributed by atoms with E-state index in [0.717, 1.165) is 30.2 Å². The van der Waals surface area contributed by atoms with Gasteiger partial charge in [-0.25, -0.2) is 8.42 Å². The average Bonchev–Trinajstić information content (AvgIpc) is 3.13. The number of rotatable bonds is 7. The van der Waals surface area contributed by atoms with Gasteiger partial charge in [-0.05, 0) is 60.4 Å². The van der Waals surface area contributed by atoms with E-state index in [1.807, 2.05) is 32.9 Å². The average molecular weight is 415 g/mol. The number of hydrogen-bond donors (Lipinski definition) is 1. The summed E-state index contributed by atoms with van der Waals surface area (Å²) in [5.41, 5.74) is 5.25. The number of fused-ring (bicyclic) bond motifs is 1. The third kappa shape index (κ3) is 4.99. The molecule has 0 aliphatic heterocycles. The first-order chi connectivity index (χ1) is 13.7. The number of amides is 1. The number of carbonyl (C=O) groups is 1. The molecule has 5 nitrogen and oxygen atoms in total. The lowest BCUT2D eigenvalue weighted by Crippen LogP contribution is -2.41. The third-order valence-electron chi connectivity index (χ3n) is 5.52. The Labute approximate surface area is 174 Å². The minimum Gasteiger partial charge on any atom is -0.348 e. The molecule has 2 aromatic rings. The van der Waals surface area contributed by atoms with Gasteiger partial charge in [0.15, 0.2) is 0 Å².